The second kappa shape index (κ2) is 7.22. The van der Waals surface area contributed by atoms with Crippen LogP contribution in [0.15, 0.2) is 30.8 Å². The van der Waals surface area contributed by atoms with Crippen molar-refractivity contribution < 1.29 is 31.5 Å². The van der Waals surface area contributed by atoms with E-state index < -0.39 is 33.6 Å². The number of nitrogens with one attached hydrogen (secondary N) is 1. The van der Waals surface area contributed by atoms with Crippen molar-refractivity contribution in [3.63, 3.8) is 0 Å². The highest BCUT2D eigenvalue weighted by Gasteiger charge is 2.64. The lowest BCUT2D eigenvalue weighted by Crippen LogP contribution is -2.53. The van der Waals surface area contributed by atoms with E-state index in [1.165, 1.54) is 18.2 Å². The van der Waals surface area contributed by atoms with Crippen molar-refractivity contribution in [3.05, 3.63) is 36.4 Å². The Hall–Kier alpha value is -1.74. The Bertz CT molecular complexity index is 591. The topological polar surface area (TPSA) is 38.3 Å². The van der Waals surface area contributed by atoms with E-state index in [-0.39, 0.29) is 5.69 Å². The lowest BCUT2D eigenvalue weighted by Gasteiger charge is -2.25. The minimum atomic E-state index is -5.71. The van der Waals surface area contributed by atoms with Gasteiger partial charge in [0.1, 0.15) is 0 Å². The molecule has 0 aliphatic carbocycles. The normalized spacial score (nSPS) is 14.4. The van der Waals surface area contributed by atoms with E-state index in [9.17, 15) is 26.7 Å². The Kier molecular flexibility index (Phi) is 6.06. The van der Waals surface area contributed by atoms with Crippen LogP contribution in [0.3, 0.4) is 0 Å². The molecule has 1 unspecified atom stereocenters. The third-order valence-corrected chi connectivity index (χ3v) is 4.83. The number of alkyl halides is 5. The zero-order chi connectivity index (χ0) is 17.8. The molecule has 0 fully saturated rings. The maximum Gasteiger partial charge on any atom is 0.458 e. The van der Waals surface area contributed by atoms with Gasteiger partial charge in [-0.05, 0) is 17.7 Å². The molecule has 1 N–H and O–H groups in total. The molecule has 3 nitrogen and oxygen atoms in total. The van der Waals surface area contributed by atoms with E-state index in [1.807, 2.05) is 13.1 Å². The Morgan fingerprint density at radius 3 is 2.39 bits per heavy atom. The molecule has 1 aromatic rings. The molecule has 0 aliphatic rings. The highest BCUT2D eigenvalue weighted by Crippen LogP contribution is 2.36. The molecule has 0 aromatic heterocycles. The number of benzene rings is 1. The monoisotopic (exact) mass is 353 g/mol. The molecule has 0 saturated carbocycles. The van der Waals surface area contributed by atoms with Crippen molar-refractivity contribution in [1.29, 1.82) is 0 Å². The van der Waals surface area contributed by atoms with Gasteiger partial charge in [0.15, 0.2) is 6.86 Å². The molecule has 1 amide bonds. The molecule has 0 spiro atoms. The van der Waals surface area contributed by atoms with Gasteiger partial charge < -0.3 is 5.32 Å². The Balaban J connectivity index is 3.05. The van der Waals surface area contributed by atoms with Crippen molar-refractivity contribution in [2.45, 2.75) is 25.1 Å². The highest BCUT2D eigenvalue weighted by molar-refractivity contribution is 6.76. The third-order valence-electron chi connectivity index (χ3n) is 3.10. The molecule has 1 rings (SSSR count). The number of hydrogen-bond donors (Lipinski definition) is 1. The summed E-state index contributed by atoms with van der Waals surface area (Å²) < 4.78 is 67.0. The number of halogens is 5. The number of hydrogen-bond acceptors (Lipinski definition) is 2. The zero-order valence-corrected chi connectivity index (χ0v) is 13.7. The summed E-state index contributed by atoms with van der Waals surface area (Å²) in [4.78, 5) is 11.6. The standard InChI is InChI=1S/C14H16F5NO2Si/c1-9(23(2)3)10-5-4-6-11(7-10)20-12(21)13(16,22-8-15)14(17,18)19/h4-7,23H,1,8H2,2-3H3,(H,20,21). The fraction of sp³-hybridized carbons (Fsp3) is 0.357. The molecule has 0 saturated heterocycles. The summed E-state index contributed by atoms with van der Waals surface area (Å²) in [5.41, 5.74) is 0.560. The highest BCUT2D eigenvalue weighted by atomic mass is 28.3. The molecule has 23 heavy (non-hydrogen) atoms. The average Bonchev–Trinajstić information content (AvgIpc) is 2.45. The van der Waals surface area contributed by atoms with Gasteiger partial charge in [-0.1, -0.05) is 37.0 Å². The lowest BCUT2D eigenvalue weighted by atomic mass is 10.2. The molecule has 0 aliphatic heterocycles. The van der Waals surface area contributed by atoms with Crippen molar-refractivity contribution >= 4 is 25.6 Å². The Morgan fingerprint density at radius 1 is 1.30 bits per heavy atom. The fourth-order valence-electron chi connectivity index (χ4n) is 1.69. The molecule has 1 atom stereocenters. The second-order valence-electron chi connectivity index (χ2n) is 5.06. The summed E-state index contributed by atoms with van der Waals surface area (Å²) in [7, 11) is -1.26. The van der Waals surface area contributed by atoms with Crippen molar-refractivity contribution in [2.24, 2.45) is 0 Å². The van der Waals surface area contributed by atoms with Gasteiger partial charge in [0, 0.05) is 5.69 Å². The summed E-state index contributed by atoms with van der Waals surface area (Å²) in [5.74, 6) is -6.91. The number of amides is 1. The van der Waals surface area contributed by atoms with Gasteiger partial charge >= 0.3 is 12.0 Å². The van der Waals surface area contributed by atoms with E-state index in [0.717, 1.165) is 5.20 Å². The molecule has 0 radical (unpaired) electrons. The van der Waals surface area contributed by atoms with Gasteiger partial charge in [0.05, 0.1) is 8.80 Å². The van der Waals surface area contributed by atoms with E-state index in [0.29, 0.717) is 5.56 Å². The molecule has 9 heteroatoms. The van der Waals surface area contributed by atoms with Gasteiger partial charge in [-0.3, -0.25) is 9.53 Å². The molecular weight excluding hydrogens is 337 g/mol. The van der Waals surface area contributed by atoms with Gasteiger partial charge in [0.25, 0.3) is 5.91 Å². The first kappa shape index (κ1) is 19.3. The van der Waals surface area contributed by atoms with Crippen LogP contribution < -0.4 is 5.32 Å². The van der Waals surface area contributed by atoms with Crippen molar-refractivity contribution in [2.75, 3.05) is 12.2 Å². The molecule has 128 valence electrons. The van der Waals surface area contributed by atoms with Crippen molar-refractivity contribution in [3.8, 4) is 0 Å². The van der Waals surface area contributed by atoms with Crippen LogP contribution in [0, 0.1) is 0 Å². The molecular formula is C14H16F5NO2Si. The van der Waals surface area contributed by atoms with Crippen LogP contribution >= 0.6 is 0 Å². The van der Waals surface area contributed by atoms with Gasteiger partial charge in [-0.2, -0.15) is 17.6 Å². The smallest absolute Gasteiger partial charge is 0.321 e. The zero-order valence-electron chi connectivity index (χ0n) is 12.5. The van der Waals surface area contributed by atoms with Crippen LogP contribution in [0.1, 0.15) is 5.56 Å². The van der Waals surface area contributed by atoms with E-state index in [2.05, 4.69) is 11.3 Å². The van der Waals surface area contributed by atoms with E-state index in [1.54, 1.807) is 11.4 Å². The fourth-order valence-corrected chi connectivity index (χ4v) is 2.54. The summed E-state index contributed by atoms with van der Waals surface area (Å²) in [6, 6.07) is 5.81. The van der Waals surface area contributed by atoms with Gasteiger partial charge in [-0.15, -0.1) is 0 Å². The predicted molar refractivity (Wildman–Crippen MR) is 79.9 cm³/mol. The number of ether oxygens (including phenoxy) is 1. The summed E-state index contributed by atoms with van der Waals surface area (Å²) in [6.45, 7) is 5.78. The summed E-state index contributed by atoms with van der Waals surface area (Å²) in [6.07, 6.45) is -5.71. The second-order valence-corrected chi connectivity index (χ2v) is 8.07. The Morgan fingerprint density at radius 2 is 1.91 bits per heavy atom. The van der Waals surface area contributed by atoms with Gasteiger partial charge in [0.2, 0.25) is 0 Å². The number of anilines is 1. The largest absolute Gasteiger partial charge is 0.458 e. The molecule has 0 heterocycles. The van der Waals surface area contributed by atoms with Gasteiger partial charge in [-0.25, -0.2) is 4.39 Å². The summed E-state index contributed by atoms with van der Waals surface area (Å²) >= 11 is 0. The predicted octanol–water partition coefficient (Wildman–Crippen LogP) is 3.84. The van der Waals surface area contributed by atoms with Crippen LogP contribution in [0.2, 0.25) is 13.1 Å². The van der Waals surface area contributed by atoms with E-state index in [4.69, 9.17) is 0 Å². The maximum atomic E-state index is 13.8. The minimum absolute atomic E-state index is 0.0722. The first-order valence-corrected chi connectivity index (χ1v) is 9.48. The summed E-state index contributed by atoms with van der Waals surface area (Å²) in [5, 5.41) is 2.58. The minimum Gasteiger partial charge on any atom is -0.321 e. The molecule has 1 aromatic carbocycles. The third kappa shape index (κ3) is 4.38. The quantitative estimate of drug-likeness (QED) is 0.623. The Labute approximate surface area is 131 Å². The van der Waals surface area contributed by atoms with Crippen LogP contribution in [-0.4, -0.2) is 33.6 Å². The van der Waals surface area contributed by atoms with Crippen LogP contribution in [0.25, 0.3) is 5.20 Å². The lowest BCUT2D eigenvalue weighted by molar-refractivity contribution is -0.320. The SMILES string of the molecule is C=C(c1cccc(NC(=O)C(F)(OCF)C(F)(F)F)c1)[SiH](C)C. The number of carbonyl (C=O) groups excluding carboxylic acids is 1. The number of rotatable bonds is 6. The van der Waals surface area contributed by atoms with Crippen LogP contribution in [-0.2, 0) is 9.53 Å². The first-order chi connectivity index (χ1) is 10.5. The number of carbonyl (C=O) groups is 1. The van der Waals surface area contributed by atoms with Crippen LogP contribution in [0.5, 0.6) is 0 Å². The average molecular weight is 353 g/mol. The van der Waals surface area contributed by atoms with E-state index >= 15 is 0 Å². The maximum absolute atomic E-state index is 13.8. The van der Waals surface area contributed by atoms with Crippen molar-refractivity contribution in [1.82, 2.24) is 0 Å². The first-order valence-electron chi connectivity index (χ1n) is 6.59. The van der Waals surface area contributed by atoms with Crippen LogP contribution in [0.4, 0.5) is 27.6 Å². The molecule has 0 bridgehead atoms.